The molecule has 0 aliphatic heterocycles. The molecule has 0 spiro atoms. The lowest BCUT2D eigenvalue weighted by Crippen LogP contribution is -2.33. The van der Waals surface area contributed by atoms with Crippen LogP contribution in [0.2, 0.25) is 10.0 Å². The lowest BCUT2D eigenvalue weighted by molar-refractivity contribution is -0.136. The smallest absolute Gasteiger partial charge is 0.319 e. The van der Waals surface area contributed by atoms with Gasteiger partial charge in [0.25, 0.3) is 5.91 Å². The highest BCUT2D eigenvalue weighted by Crippen LogP contribution is 2.26. The number of nitrogens with one attached hydrogen (secondary N) is 3. The van der Waals surface area contributed by atoms with Crippen LogP contribution in [0.4, 0.5) is 10.5 Å². The minimum atomic E-state index is -0.980. The highest BCUT2D eigenvalue weighted by molar-refractivity contribution is 6.42. The van der Waals surface area contributed by atoms with E-state index in [-0.39, 0.29) is 30.9 Å². The Bertz CT molecular complexity index is 1230. The van der Waals surface area contributed by atoms with Crippen molar-refractivity contribution in [2.45, 2.75) is 38.6 Å². The Kier molecular flexibility index (Phi) is 10.4. The van der Waals surface area contributed by atoms with Gasteiger partial charge in [0.15, 0.2) is 0 Å². The summed E-state index contributed by atoms with van der Waals surface area (Å²) in [6, 6.07) is 19.3. The molecule has 3 rings (SSSR count). The second kappa shape index (κ2) is 13.7. The van der Waals surface area contributed by atoms with E-state index in [1.807, 2.05) is 30.3 Å². The Hall–Kier alpha value is -3.55. The molecule has 0 aliphatic rings. The summed E-state index contributed by atoms with van der Waals surface area (Å²) in [5.74, 6) is -1.34. The third-order valence-corrected chi connectivity index (χ3v) is 6.57. The topological polar surface area (TPSA) is 108 Å². The van der Waals surface area contributed by atoms with Crippen molar-refractivity contribution in [3.63, 3.8) is 0 Å². The monoisotopic (exact) mass is 541 g/mol. The molecular formula is C28H29Cl2N3O4. The number of anilines is 1. The van der Waals surface area contributed by atoms with Gasteiger partial charge >= 0.3 is 12.0 Å². The highest BCUT2D eigenvalue weighted by Gasteiger charge is 2.17. The van der Waals surface area contributed by atoms with Crippen LogP contribution < -0.4 is 16.0 Å². The second-order valence-corrected chi connectivity index (χ2v) is 9.32. The number of hydrogen-bond acceptors (Lipinski definition) is 3. The maximum Gasteiger partial charge on any atom is 0.319 e. The molecule has 37 heavy (non-hydrogen) atoms. The lowest BCUT2D eigenvalue weighted by atomic mass is 9.98. The van der Waals surface area contributed by atoms with Gasteiger partial charge in [0.05, 0.1) is 22.5 Å². The summed E-state index contributed by atoms with van der Waals surface area (Å²) in [6.07, 6.45) is 1.96. The van der Waals surface area contributed by atoms with Crippen molar-refractivity contribution < 1.29 is 19.5 Å². The van der Waals surface area contributed by atoms with Crippen molar-refractivity contribution in [2.24, 2.45) is 0 Å². The maximum atomic E-state index is 12.8. The molecule has 1 unspecified atom stereocenters. The fourth-order valence-corrected chi connectivity index (χ4v) is 4.05. The Morgan fingerprint density at radius 2 is 1.57 bits per heavy atom. The highest BCUT2D eigenvalue weighted by atomic mass is 35.5. The van der Waals surface area contributed by atoms with Crippen molar-refractivity contribution in [3.8, 4) is 0 Å². The van der Waals surface area contributed by atoms with Gasteiger partial charge in [-0.1, -0.05) is 60.5 Å². The molecule has 0 fully saturated rings. The van der Waals surface area contributed by atoms with Gasteiger partial charge in [0.2, 0.25) is 0 Å². The van der Waals surface area contributed by atoms with Crippen LogP contribution in [0.5, 0.6) is 0 Å². The number of benzene rings is 3. The molecule has 3 aromatic carbocycles. The maximum absolute atomic E-state index is 12.8. The van der Waals surface area contributed by atoms with E-state index in [2.05, 4.69) is 22.9 Å². The molecule has 3 aromatic rings. The number of carbonyl (C=O) groups is 3. The molecule has 7 nitrogen and oxygen atoms in total. The first-order valence-corrected chi connectivity index (χ1v) is 12.7. The molecule has 0 saturated heterocycles. The molecular weight excluding hydrogens is 513 g/mol. The molecule has 9 heteroatoms. The molecule has 0 bridgehead atoms. The minimum Gasteiger partial charge on any atom is -0.481 e. The van der Waals surface area contributed by atoms with E-state index in [1.165, 1.54) is 5.56 Å². The van der Waals surface area contributed by atoms with Gasteiger partial charge < -0.3 is 21.1 Å². The average Bonchev–Trinajstić information content (AvgIpc) is 2.88. The molecule has 4 N–H and O–H groups in total. The molecule has 0 heterocycles. The number of amides is 3. The molecule has 0 aliphatic carbocycles. The van der Waals surface area contributed by atoms with E-state index in [4.69, 9.17) is 28.3 Å². The summed E-state index contributed by atoms with van der Waals surface area (Å²) in [5, 5.41) is 18.2. The Balaban J connectivity index is 1.72. The minimum absolute atomic E-state index is 0.0448. The third-order valence-electron chi connectivity index (χ3n) is 5.83. The number of carboxylic acids is 1. The van der Waals surface area contributed by atoms with Crippen LogP contribution >= 0.6 is 23.2 Å². The van der Waals surface area contributed by atoms with Gasteiger partial charge in [0, 0.05) is 17.8 Å². The summed E-state index contributed by atoms with van der Waals surface area (Å²) in [6.45, 7) is 2.11. The van der Waals surface area contributed by atoms with Gasteiger partial charge in [-0.15, -0.1) is 0 Å². The quantitative estimate of drug-likeness (QED) is 0.230. The van der Waals surface area contributed by atoms with E-state index in [1.54, 1.807) is 36.4 Å². The predicted octanol–water partition coefficient (Wildman–Crippen LogP) is 6.26. The van der Waals surface area contributed by atoms with Crippen LogP contribution in [0.25, 0.3) is 0 Å². The predicted molar refractivity (Wildman–Crippen MR) is 147 cm³/mol. The average molecular weight is 542 g/mol. The Morgan fingerprint density at radius 1 is 0.892 bits per heavy atom. The first kappa shape index (κ1) is 28.0. The van der Waals surface area contributed by atoms with Crippen molar-refractivity contribution in [1.82, 2.24) is 10.6 Å². The van der Waals surface area contributed by atoms with Gasteiger partial charge in [-0.3, -0.25) is 9.59 Å². The molecule has 0 saturated carbocycles. The van der Waals surface area contributed by atoms with E-state index in [0.29, 0.717) is 34.1 Å². The number of carboxylic acid groups (broad SMARTS) is 1. The van der Waals surface area contributed by atoms with Gasteiger partial charge in [-0.25, -0.2) is 4.79 Å². The largest absolute Gasteiger partial charge is 0.481 e. The van der Waals surface area contributed by atoms with Crippen molar-refractivity contribution in [1.29, 1.82) is 0 Å². The van der Waals surface area contributed by atoms with Gasteiger partial charge in [-0.05, 0) is 72.4 Å². The van der Waals surface area contributed by atoms with Crippen LogP contribution in [0.1, 0.15) is 52.9 Å². The number of aliphatic carboxylic acids is 1. The molecule has 3 amide bonds. The van der Waals surface area contributed by atoms with E-state index in [9.17, 15) is 14.4 Å². The zero-order valence-electron chi connectivity index (χ0n) is 20.4. The fraction of sp³-hybridized carbons (Fsp3) is 0.250. The number of hydrogen-bond donors (Lipinski definition) is 4. The van der Waals surface area contributed by atoms with E-state index < -0.39 is 5.97 Å². The standard InChI is InChI=1S/C28H29Cl2N3O4/c1-2-18-3-11-22(12-4-18)32-28(37)33-25(14-6-19-5-13-23(29)24(30)17-19)20-7-9-21(10-8-20)27(36)31-16-15-26(34)35/h3-5,7-13,17,25H,2,6,14-16H2,1H3,(H,31,36)(H,34,35)(H2,32,33,37). The number of aryl methyl sites for hydroxylation is 2. The van der Waals surface area contributed by atoms with Crippen LogP contribution in [0.3, 0.4) is 0 Å². The summed E-state index contributed by atoms with van der Waals surface area (Å²) >= 11 is 12.2. The number of rotatable bonds is 11. The summed E-state index contributed by atoms with van der Waals surface area (Å²) in [4.78, 5) is 35.8. The number of halogens is 2. The number of carbonyl (C=O) groups excluding carboxylic acids is 2. The first-order chi connectivity index (χ1) is 17.7. The zero-order chi connectivity index (χ0) is 26.8. The van der Waals surface area contributed by atoms with Crippen LogP contribution in [0, 0.1) is 0 Å². The molecule has 1 atom stereocenters. The van der Waals surface area contributed by atoms with Crippen molar-refractivity contribution in [2.75, 3.05) is 11.9 Å². The van der Waals surface area contributed by atoms with Crippen LogP contribution in [-0.4, -0.2) is 29.6 Å². The van der Waals surface area contributed by atoms with E-state index >= 15 is 0 Å². The van der Waals surface area contributed by atoms with Gasteiger partial charge in [-0.2, -0.15) is 0 Å². The first-order valence-electron chi connectivity index (χ1n) is 12.0. The molecule has 194 valence electrons. The second-order valence-electron chi connectivity index (χ2n) is 8.51. The summed E-state index contributed by atoms with van der Waals surface area (Å²) in [5.41, 5.74) is 4.06. The van der Waals surface area contributed by atoms with E-state index in [0.717, 1.165) is 17.5 Å². The Morgan fingerprint density at radius 3 is 2.19 bits per heavy atom. The fourth-order valence-electron chi connectivity index (χ4n) is 3.73. The van der Waals surface area contributed by atoms with Crippen molar-refractivity contribution >= 4 is 46.8 Å². The van der Waals surface area contributed by atoms with Crippen LogP contribution in [-0.2, 0) is 17.6 Å². The van der Waals surface area contributed by atoms with Gasteiger partial charge in [0.1, 0.15) is 0 Å². The van der Waals surface area contributed by atoms with Crippen molar-refractivity contribution in [3.05, 3.63) is 99.0 Å². The summed E-state index contributed by atoms with van der Waals surface area (Å²) in [7, 11) is 0. The number of urea groups is 1. The lowest BCUT2D eigenvalue weighted by Gasteiger charge is -2.20. The van der Waals surface area contributed by atoms with Crippen LogP contribution in [0.15, 0.2) is 66.7 Å². The normalized spacial score (nSPS) is 11.4. The molecule has 0 radical (unpaired) electrons. The summed E-state index contributed by atoms with van der Waals surface area (Å²) < 4.78 is 0. The zero-order valence-corrected chi connectivity index (χ0v) is 21.9. The third kappa shape index (κ3) is 8.81. The SMILES string of the molecule is CCc1ccc(NC(=O)NC(CCc2ccc(Cl)c(Cl)c2)c2ccc(C(=O)NCCC(=O)O)cc2)cc1. The molecule has 0 aromatic heterocycles. The Labute approximate surface area is 226 Å².